The number of carbonyl (C=O) groups excluding carboxylic acids is 9. The molecule has 0 spiro atoms. The summed E-state index contributed by atoms with van der Waals surface area (Å²) in [5.74, 6) is -11.1. The summed E-state index contributed by atoms with van der Waals surface area (Å²) in [7, 11) is 0. The first-order valence-corrected chi connectivity index (χ1v) is 26.7. The summed E-state index contributed by atoms with van der Waals surface area (Å²) in [6.07, 6.45) is 0.843. The van der Waals surface area contributed by atoms with Crippen LogP contribution in [0.3, 0.4) is 0 Å². The number of carboxylic acid groups (broad SMARTS) is 2. The molecule has 0 aliphatic carbocycles. The maximum Gasteiger partial charge on any atom is 0.326 e. The molecule has 79 heavy (non-hydrogen) atoms. The van der Waals surface area contributed by atoms with Crippen molar-refractivity contribution >= 4 is 65.1 Å². The number of nitrogens with zero attached hydrogens (tertiary/aromatic N) is 1. The predicted molar refractivity (Wildman–Crippen MR) is 284 cm³/mol. The maximum atomic E-state index is 14.5. The summed E-state index contributed by atoms with van der Waals surface area (Å²) in [5, 5.41) is 68.4. The zero-order chi connectivity index (χ0) is 59.4. The fraction of sp³-hybridized carbons (Fsp3) is 0.667. The van der Waals surface area contributed by atoms with Crippen LogP contribution in [0.5, 0.6) is 5.75 Å². The second kappa shape index (κ2) is 35.5. The van der Waals surface area contributed by atoms with Crippen molar-refractivity contribution in [3.05, 3.63) is 29.8 Å². The Hall–Kier alpha value is -7.01. The van der Waals surface area contributed by atoms with Crippen molar-refractivity contribution in [2.45, 2.75) is 166 Å². The molecule has 0 radical (unpaired) electrons. The number of nitrogens with two attached hydrogens (primary N) is 3. The van der Waals surface area contributed by atoms with Crippen molar-refractivity contribution in [3.8, 4) is 5.75 Å². The van der Waals surface area contributed by atoms with Gasteiger partial charge in [0.2, 0.25) is 53.2 Å². The van der Waals surface area contributed by atoms with E-state index in [1.54, 1.807) is 27.7 Å². The minimum Gasteiger partial charge on any atom is -0.508 e. The molecule has 1 aliphatic heterocycles. The van der Waals surface area contributed by atoms with Crippen LogP contribution in [0.25, 0.3) is 0 Å². The predicted octanol–water partition coefficient (Wildman–Crippen LogP) is -3.95. The number of benzene rings is 1. The highest BCUT2D eigenvalue weighted by Gasteiger charge is 2.40. The number of aliphatic carboxylic acids is 2. The molecule has 19 N–H and O–H groups in total. The van der Waals surface area contributed by atoms with Crippen LogP contribution >= 0.6 is 0 Å². The molecule has 9 atom stereocenters. The number of hydrogen-bond acceptors (Lipinski definition) is 17. The van der Waals surface area contributed by atoms with Gasteiger partial charge in [0, 0.05) is 19.4 Å². The largest absolute Gasteiger partial charge is 0.508 e. The number of rotatable bonds is 37. The number of likely N-dealkylation sites (tertiary alicyclic amines) is 1. The van der Waals surface area contributed by atoms with Crippen LogP contribution in [0, 0.1) is 11.8 Å². The highest BCUT2D eigenvalue weighted by atomic mass is 16.4. The molecule has 0 aromatic heterocycles. The number of aliphatic hydroxyl groups excluding tert-OH is 2. The Labute approximate surface area is 459 Å². The zero-order valence-electron chi connectivity index (χ0n) is 45.5. The molecule has 9 amide bonds. The molecule has 2 rings (SSSR count). The average Bonchev–Trinajstić information content (AvgIpc) is 3.90. The van der Waals surface area contributed by atoms with Crippen LogP contribution in [-0.4, -0.2) is 189 Å². The van der Waals surface area contributed by atoms with Crippen LogP contribution in [0.4, 0.5) is 0 Å². The van der Waals surface area contributed by atoms with Crippen LogP contribution < -0.4 is 59.7 Å². The molecule has 0 bridgehead atoms. The minimum atomic E-state index is -1.67. The Morgan fingerprint density at radius 1 is 0.595 bits per heavy atom. The van der Waals surface area contributed by atoms with Crippen molar-refractivity contribution < 1.29 is 78.3 Å². The topological polar surface area (TPSA) is 466 Å². The van der Waals surface area contributed by atoms with Gasteiger partial charge in [0.15, 0.2) is 0 Å². The van der Waals surface area contributed by atoms with E-state index in [1.807, 2.05) is 0 Å². The van der Waals surface area contributed by atoms with Gasteiger partial charge in [-0.05, 0) is 113 Å². The Bertz CT molecular complexity index is 2200. The fourth-order valence-electron chi connectivity index (χ4n) is 8.47. The number of aromatic hydroxyl groups is 1. The third-order valence-electron chi connectivity index (χ3n) is 12.7. The van der Waals surface area contributed by atoms with Gasteiger partial charge in [-0.2, -0.15) is 0 Å². The molecule has 1 heterocycles. The average molecular weight is 1120 g/mol. The van der Waals surface area contributed by atoms with Gasteiger partial charge in [0.1, 0.15) is 60.1 Å². The van der Waals surface area contributed by atoms with E-state index in [0.717, 1.165) is 0 Å². The first kappa shape index (κ1) is 68.1. The standard InChI is InChI=1S/C51H84N12O16/c1-28(2)22-36(60-48(75)39(27-65)56-41(67)25-55-43(70)32(54)26-64)46(73)57-33(10-5-7-19-52)44(71)58-34(17-18-42(68)69)45(72)61-37(24-30-13-15-31(66)16-14-30)47(74)62-38(23-29(3)4)50(77)63-21-9-12-40(63)49(76)59-35(51(78)79)11-6-8-20-53/h13-16,28-29,32-40,64-66H,5-12,17-27,52-54H2,1-4H3,(H,55,70)(H,56,67)(H,57,73)(H,58,71)(H,59,76)(H,60,75)(H,61,72)(H,62,74)(H,68,69)(H,78,79)/t32-,33-,34-,35-,36-,37-,38-,39-,40-/m0/s1. The highest BCUT2D eigenvalue weighted by Crippen LogP contribution is 2.22. The van der Waals surface area contributed by atoms with E-state index in [0.29, 0.717) is 37.8 Å². The van der Waals surface area contributed by atoms with Gasteiger partial charge in [-0.1, -0.05) is 39.8 Å². The van der Waals surface area contributed by atoms with Gasteiger partial charge in [-0.3, -0.25) is 47.9 Å². The second-order valence-electron chi connectivity index (χ2n) is 20.3. The molecule has 1 aromatic carbocycles. The molecule has 1 fully saturated rings. The smallest absolute Gasteiger partial charge is 0.326 e. The van der Waals surface area contributed by atoms with Gasteiger partial charge in [0.05, 0.1) is 19.8 Å². The lowest BCUT2D eigenvalue weighted by atomic mass is 9.99. The summed E-state index contributed by atoms with van der Waals surface area (Å²) in [5.41, 5.74) is 17.1. The quantitative estimate of drug-likeness (QED) is 0.0283. The third kappa shape index (κ3) is 24.7. The van der Waals surface area contributed by atoms with E-state index >= 15 is 0 Å². The van der Waals surface area contributed by atoms with E-state index in [9.17, 15) is 73.2 Å². The van der Waals surface area contributed by atoms with Crippen molar-refractivity contribution in [3.63, 3.8) is 0 Å². The number of phenolic OH excluding ortho intramolecular Hbond substituents is 1. The zero-order valence-corrected chi connectivity index (χ0v) is 45.5. The van der Waals surface area contributed by atoms with Crippen molar-refractivity contribution in [1.82, 2.24) is 47.4 Å². The number of nitrogens with one attached hydrogen (secondary N) is 8. The number of carboxylic acids is 2. The summed E-state index contributed by atoms with van der Waals surface area (Å²) < 4.78 is 0. The number of amides is 9. The molecule has 1 aliphatic rings. The number of unbranched alkanes of at least 4 members (excludes halogenated alkanes) is 2. The second-order valence-corrected chi connectivity index (χ2v) is 20.3. The summed E-state index contributed by atoms with van der Waals surface area (Å²) in [6, 6.07) is -6.90. The van der Waals surface area contributed by atoms with E-state index in [-0.39, 0.29) is 75.6 Å². The molecule has 28 heteroatoms. The summed E-state index contributed by atoms with van der Waals surface area (Å²) >= 11 is 0. The minimum absolute atomic E-state index is 0.0230. The highest BCUT2D eigenvalue weighted by molar-refractivity contribution is 5.98. The molecular weight excluding hydrogens is 1040 g/mol. The van der Waals surface area contributed by atoms with E-state index in [1.165, 1.54) is 29.2 Å². The van der Waals surface area contributed by atoms with Crippen molar-refractivity contribution in [2.24, 2.45) is 29.0 Å². The Morgan fingerprint density at radius 2 is 1.09 bits per heavy atom. The van der Waals surface area contributed by atoms with E-state index in [4.69, 9.17) is 22.3 Å². The monoisotopic (exact) mass is 1120 g/mol. The van der Waals surface area contributed by atoms with Gasteiger partial charge >= 0.3 is 11.9 Å². The number of hydrogen-bond donors (Lipinski definition) is 16. The van der Waals surface area contributed by atoms with Gasteiger partial charge in [-0.15, -0.1) is 0 Å². The van der Waals surface area contributed by atoms with Gasteiger partial charge in [0.25, 0.3) is 0 Å². The Morgan fingerprint density at radius 3 is 1.62 bits per heavy atom. The Balaban J connectivity index is 2.47. The molecule has 1 saturated heterocycles. The normalized spacial score (nSPS) is 16.2. The van der Waals surface area contributed by atoms with Crippen LogP contribution in [0.2, 0.25) is 0 Å². The van der Waals surface area contributed by atoms with E-state index < -0.39 is 152 Å². The third-order valence-corrected chi connectivity index (χ3v) is 12.7. The van der Waals surface area contributed by atoms with Gasteiger partial charge < -0.3 is 90.2 Å². The van der Waals surface area contributed by atoms with E-state index in [2.05, 4.69) is 42.5 Å². The Kier molecular flexibility index (Phi) is 30.6. The van der Waals surface area contributed by atoms with Crippen molar-refractivity contribution in [1.29, 1.82) is 0 Å². The van der Waals surface area contributed by atoms with Crippen LogP contribution in [-0.2, 0) is 59.2 Å². The number of aliphatic hydroxyl groups is 2. The first-order chi connectivity index (χ1) is 37.3. The van der Waals surface area contributed by atoms with Crippen molar-refractivity contribution in [2.75, 3.05) is 39.4 Å². The first-order valence-electron chi connectivity index (χ1n) is 26.7. The lowest BCUT2D eigenvalue weighted by Crippen LogP contribution is -2.61. The lowest BCUT2D eigenvalue weighted by Gasteiger charge is -2.31. The van der Waals surface area contributed by atoms with Gasteiger partial charge in [-0.25, -0.2) is 4.79 Å². The van der Waals surface area contributed by atoms with Crippen LogP contribution in [0.1, 0.15) is 110 Å². The molecule has 1 aromatic rings. The molecule has 444 valence electrons. The summed E-state index contributed by atoms with van der Waals surface area (Å²) in [4.78, 5) is 148. The molecule has 28 nitrogen and oxygen atoms in total. The fourth-order valence-corrected chi connectivity index (χ4v) is 8.47. The maximum absolute atomic E-state index is 14.5. The number of phenols is 1. The lowest BCUT2D eigenvalue weighted by molar-refractivity contribution is -0.145. The van der Waals surface area contributed by atoms with Crippen LogP contribution in [0.15, 0.2) is 24.3 Å². The molecule has 0 unspecified atom stereocenters. The molecular formula is C51H84N12O16. The SMILES string of the molecule is CC(C)C[C@H](NC(=O)[C@H](CO)NC(=O)CNC(=O)[C@@H](N)CO)C(=O)N[C@@H](CCCCN)C(=O)N[C@@H](CCC(=O)O)C(=O)N[C@@H](Cc1ccc(O)cc1)C(=O)N[C@@H](CC(C)C)C(=O)N1CCC[C@H]1C(=O)N[C@@H](CCCCN)C(=O)O. The molecule has 0 saturated carbocycles. The number of carbonyl (C=O) groups is 11. The summed E-state index contributed by atoms with van der Waals surface area (Å²) in [6.45, 7) is 5.34.